The highest BCUT2D eigenvalue weighted by Gasteiger charge is 2.41. The number of hydrogen-bond donors (Lipinski definition) is 1. The highest BCUT2D eigenvalue weighted by Crippen LogP contribution is 2.34. The van der Waals surface area contributed by atoms with Crippen molar-refractivity contribution in [2.45, 2.75) is 43.9 Å². The Kier molecular flexibility index (Phi) is 3.88. The molecule has 2 aromatic carbocycles. The predicted molar refractivity (Wildman–Crippen MR) is 89.5 cm³/mol. The van der Waals surface area contributed by atoms with E-state index in [1.807, 2.05) is 42.5 Å². The summed E-state index contributed by atoms with van der Waals surface area (Å²) < 4.78 is 5.83. The van der Waals surface area contributed by atoms with Crippen LogP contribution in [0.4, 0.5) is 0 Å². The third-order valence-electron chi connectivity index (χ3n) is 4.92. The Morgan fingerprint density at radius 3 is 2.57 bits per heavy atom. The summed E-state index contributed by atoms with van der Waals surface area (Å²) in [6.07, 6.45) is 4.51. The van der Waals surface area contributed by atoms with Gasteiger partial charge < -0.3 is 10.1 Å². The molecule has 1 amide bonds. The van der Waals surface area contributed by atoms with E-state index in [9.17, 15) is 4.79 Å². The summed E-state index contributed by atoms with van der Waals surface area (Å²) in [4.78, 5) is 12.7. The van der Waals surface area contributed by atoms with Crippen molar-refractivity contribution in [3.63, 3.8) is 0 Å². The van der Waals surface area contributed by atoms with Crippen LogP contribution in [0.2, 0.25) is 0 Å². The summed E-state index contributed by atoms with van der Waals surface area (Å²) in [6.45, 7) is 0. The molecule has 3 nitrogen and oxygen atoms in total. The largest absolute Gasteiger partial charge is 0.373 e. The van der Waals surface area contributed by atoms with Gasteiger partial charge in [0.05, 0.1) is 18.2 Å². The summed E-state index contributed by atoms with van der Waals surface area (Å²) >= 11 is 0. The second-order valence-electron chi connectivity index (χ2n) is 6.51. The quantitative estimate of drug-likeness (QED) is 0.941. The monoisotopic (exact) mass is 307 g/mol. The third-order valence-corrected chi connectivity index (χ3v) is 4.92. The molecule has 2 aromatic rings. The number of ether oxygens (including phenoxy) is 1. The van der Waals surface area contributed by atoms with E-state index in [1.54, 1.807) is 0 Å². The van der Waals surface area contributed by atoms with Gasteiger partial charge in [-0.2, -0.15) is 0 Å². The van der Waals surface area contributed by atoms with Crippen molar-refractivity contribution >= 4 is 5.91 Å². The SMILES string of the molecule is O=C(N[C@@H]1C[C@H]2CC[C@@H]1O2)c1ccccc1Cc1ccccc1. The van der Waals surface area contributed by atoms with Crippen molar-refractivity contribution in [1.29, 1.82) is 0 Å². The minimum atomic E-state index is 0.0256. The Balaban J connectivity index is 1.51. The average molecular weight is 307 g/mol. The van der Waals surface area contributed by atoms with Gasteiger partial charge in [-0.25, -0.2) is 0 Å². The van der Waals surface area contributed by atoms with E-state index in [1.165, 1.54) is 5.56 Å². The number of nitrogens with one attached hydrogen (secondary N) is 1. The Hall–Kier alpha value is -2.13. The predicted octanol–water partition coefficient (Wildman–Crippen LogP) is 3.33. The molecule has 3 atom stereocenters. The van der Waals surface area contributed by atoms with Gasteiger partial charge in [-0.15, -0.1) is 0 Å². The van der Waals surface area contributed by atoms with Crippen molar-refractivity contribution in [3.05, 3.63) is 71.3 Å². The highest BCUT2D eigenvalue weighted by atomic mass is 16.5. The first-order chi connectivity index (χ1) is 11.3. The van der Waals surface area contributed by atoms with E-state index in [4.69, 9.17) is 4.74 Å². The van der Waals surface area contributed by atoms with E-state index in [0.29, 0.717) is 6.10 Å². The topological polar surface area (TPSA) is 38.3 Å². The van der Waals surface area contributed by atoms with E-state index in [-0.39, 0.29) is 18.1 Å². The molecular formula is C20H21NO2. The zero-order valence-corrected chi connectivity index (χ0v) is 13.1. The number of amides is 1. The van der Waals surface area contributed by atoms with Gasteiger partial charge in [0.15, 0.2) is 0 Å². The lowest BCUT2D eigenvalue weighted by Gasteiger charge is -2.21. The number of carbonyl (C=O) groups is 1. The fraction of sp³-hybridized carbons (Fsp3) is 0.350. The van der Waals surface area contributed by atoms with Gasteiger partial charge in [0, 0.05) is 5.56 Å². The van der Waals surface area contributed by atoms with Crippen molar-refractivity contribution in [3.8, 4) is 0 Å². The smallest absolute Gasteiger partial charge is 0.251 e. The van der Waals surface area contributed by atoms with Crippen LogP contribution in [-0.2, 0) is 11.2 Å². The van der Waals surface area contributed by atoms with E-state index < -0.39 is 0 Å². The van der Waals surface area contributed by atoms with Gasteiger partial charge in [-0.3, -0.25) is 4.79 Å². The second-order valence-corrected chi connectivity index (χ2v) is 6.51. The van der Waals surface area contributed by atoms with Crippen molar-refractivity contribution in [2.24, 2.45) is 0 Å². The van der Waals surface area contributed by atoms with Crippen LogP contribution in [0.3, 0.4) is 0 Å². The van der Waals surface area contributed by atoms with Crippen LogP contribution in [0.5, 0.6) is 0 Å². The molecule has 2 aliphatic rings. The molecular weight excluding hydrogens is 286 g/mol. The summed E-state index contributed by atoms with van der Waals surface area (Å²) in [5.41, 5.74) is 3.07. The first kappa shape index (κ1) is 14.5. The standard InChI is InChI=1S/C20H21NO2/c22-20(21-18-13-16-10-11-19(18)23-16)17-9-5-4-8-15(17)12-14-6-2-1-3-7-14/h1-9,16,18-19H,10-13H2,(H,21,22)/t16-,18-,19+/m1/s1. The fourth-order valence-corrected chi connectivity index (χ4v) is 3.75. The molecule has 2 heterocycles. The number of hydrogen-bond acceptors (Lipinski definition) is 2. The van der Waals surface area contributed by atoms with Crippen molar-refractivity contribution in [1.82, 2.24) is 5.32 Å². The summed E-state index contributed by atoms with van der Waals surface area (Å²) in [5.74, 6) is 0.0256. The average Bonchev–Trinajstić information content (AvgIpc) is 3.19. The van der Waals surface area contributed by atoms with Crippen LogP contribution >= 0.6 is 0 Å². The Bertz CT molecular complexity index is 698. The maximum absolute atomic E-state index is 12.7. The van der Waals surface area contributed by atoms with E-state index in [2.05, 4.69) is 17.4 Å². The zero-order chi connectivity index (χ0) is 15.6. The first-order valence-corrected chi connectivity index (χ1v) is 8.38. The van der Waals surface area contributed by atoms with E-state index >= 15 is 0 Å². The highest BCUT2D eigenvalue weighted by molar-refractivity contribution is 5.96. The molecule has 2 bridgehead atoms. The molecule has 0 saturated carbocycles. The summed E-state index contributed by atoms with van der Waals surface area (Å²) in [6, 6.07) is 18.3. The molecule has 0 aliphatic carbocycles. The molecule has 3 heteroatoms. The first-order valence-electron chi connectivity index (χ1n) is 8.38. The molecule has 0 unspecified atom stereocenters. The van der Waals surface area contributed by atoms with Gasteiger partial charge in [0.1, 0.15) is 0 Å². The molecule has 4 rings (SSSR count). The lowest BCUT2D eigenvalue weighted by Crippen LogP contribution is -2.41. The van der Waals surface area contributed by atoms with Gasteiger partial charge >= 0.3 is 0 Å². The Morgan fingerprint density at radius 1 is 1.04 bits per heavy atom. The normalized spacial score (nSPS) is 25.5. The van der Waals surface area contributed by atoms with Crippen molar-refractivity contribution in [2.75, 3.05) is 0 Å². The maximum atomic E-state index is 12.7. The lowest BCUT2D eigenvalue weighted by molar-refractivity contribution is 0.0840. The Labute approximate surface area is 136 Å². The molecule has 23 heavy (non-hydrogen) atoms. The Morgan fingerprint density at radius 2 is 1.83 bits per heavy atom. The molecule has 2 fully saturated rings. The molecule has 0 radical (unpaired) electrons. The van der Waals surface area contributed by atoms with Crippen LogP contribution in [-0.4, -0.2) is 24.2 Å². The van der Waals surface area contributed by atoms with Crippen LogP contribution in [0, 0.1) is 0 Å². The number of fused-ring (bicyclic) bond motifs is 2. The molecule has 0 aromatic heterocycles. The minimum absolute atomic E-state index is 0.0256. The van der Waals surface area contributed by atoms with Crippen molar-refractivity contribution < 1.29 is 9.53 Å². The number of carbonyl (C=O) groups excluding carboxylic acids is 1. The van der Waals surface area contributed by atoms with Gasteiger partial charge in [-0.1, -0.05) is 48.5 Å². The van der Waals surface area contributed by atoms with Gasteiger partial charge in [0.25, 0.3) is 5.91 Å². The number of rotatable bonds is 4. The zero-order valence-electron chi connectivity index (χ0n) is 13.1. The van der Waals surface area contributed by atoms with Crippen LogP contribution in [0.1, 0.15) is 40.7 Å². The van der Waals surface area contributed by atoms with Crippen LogP contribution < -0.4 is 5.32 Å². The number of benzene rings is 2. The van der Waals surface area contributed by atoms with E-state index in [0.717, 1.165) is 36.8 Å². The van der Waals surface area contributed by atoms with Gasteiger partial charge in [-0.05, 0) is 42.9 Å². The minimum Gasteiger partial charge on any atom is -0.373 e. The second kappa shape index (κ2) is 6.17. The fourth-order valence-electron chi connectivity index (χ4n) is 3.75. The maximum Gasteiger partial charge on any atom is 0.251 e. The summed E-state index contributed by atoms with van der Waals surface area (Å²) in [7, 11) is 0. The molecule has 2 saturated heterocycles. The molecule has 0 spiro atoms. The summed E-state index contributed by atoms with van der Waals surface area (Å²) in [5, 5.41) is 3.19. The van der Waals surface area contributed by atoms with Gasteiger partial charge in [0.2, 0.25) is 0 Å². The lowest BCUT2D eigenvalue weighted by atomic mass is 9.94. The van der Waals surface area contributed by atoms with Crippen LogP contribution in [0.15, 0.2) is 54.6 Å². The van der Waals surface area contributed by atoms with Crippen LogP contribution in [0.25, 0.3) is 0 Å². The molecule has 2 aliphatic heterocycles. The molecule has 1 N–H and O–H groups in total. The third kappa shape index (κ3) is 3.02. The molecule has 118 valence electrons.